The van der Waals surface area contributed by atoms with Crippen LogP contribution in [0.1, 0.15) is 18.1 Å². The Hall–Kier alpha value is -2.60. The van der Waals surface area contributed by atoms with E-state index in [0.29, 0.717) is 23.7 Å². The lowest BCUT2D eigenvalue weighted by Crippen LogP contribution is -2.20. The van der Waals surface area contributed by atoms with Gasteiger partial charge in [-0.25, -0.2) is 0 Å². The number of benzene rings is 2. The van der Waals surface area contributed by atoms with Crippen molar-refractivity contribution in [3.63, 3.8) is 0 Å². The van der Waals surface area contributed by atoms with Crippen LogP contribution in [0.4, 0.5) is 8.78 Å². The fraction of sp³-hybridized carbons (Fsp3) is 0.211. The van der Waals surface area contributed by atoms with E-state index in [1.807, 2.05) is 18.2 Å². The van der Waals surface area contributed by atoms with Gasteiger partial charge in [-0.2, -0.15) is 8.78 Å². The van der Waals surface area contributed by atoms with Gasteiger partial charge in [0.05, 0.1) is 6.61 Å². The van der Waals surface area contributed by atoms with Gasteiger partial charge in [-0.1, -0.05) is 35.9 Å². The zero-order valence-electron chi connectivity index (χ0n) is 14.0. The SMILES string of the molecule is CCOc1cc(/C=C/C(=O)NCc2ccccc2Cl)ccc1OC(F)F. The molecule has 1 amide bonds. The summed E-state index contributed by atoms with van der Waals surface area (Å²) in [5.74, 6) is -0.176. The fourth-order valence-electron chi connectivity index (χ4n) is 2.14. The minimum atomic E-state index is -2.94. The summed E-state index contributed by atoms with van der Waals surface area (Å²) in [5, 5.41) is 3.30. The standard InChI is InChI=1S/C19H18ClF2NO3/c1-2-25-17-11-13(7-9-16(17)26-19(21)22)8-10-18(24)23-12-14-5-3-4-6-15(14)20/h3-11,19H,2,12H2,1H3,(H,23,24)/b10-8+. The summed E-state index contributed by atoms with van der Waals surface area (Å²) in [6.45, 7) is -0.609. The number of hydrogen-bond acceptors (Lipinski definition) is 3. The van der Waals surface area contributed by atoms with E-state index in [9.17, 15) is 13.6 Å². The van der Waals surface area contributed by atoms with Crippen LogP contribution in [0.2, 0.25) is 5.02 Å². The number of rotatable bonds is 8. The van der Waals surface area contributed by atoms with E-state index in [1.165, 1.54) is 18.2 Å². The van der Waals surface area contributed by atoms with E-state index in [4.69, 9.17) is 16.3 Å². The maximum Gasteiger partial charge on any atom is 0.387 e. The van der Waals surface area contributed by atoms with Crippen molar-refractivity contribution >= 4 is 23.6 Å². The van der Waals surface area contributed by atoms with Gasteiger partial charge in [0.2, 0.25) is 5.91 Å². The molecule has 2 rings (SSSR count). The Balaban J connectivity index is 2.01. The lowest BCUT2D eigenvalue weighted by atomic mass is 10.2. The maximum absolute atomic E-state index is 12.4. The number of nitrogens with one attached hydrogen (secondary N) is 1. The molecular formula is C19H18ClF2NO3. The van der Waals surface area contributed by atoms with E-state index >= 15 is 0 Å². The molecule has 0 bridgehead atoms. The van der Waals surface area contributed by atoms with Crippen molar-refractivity contribution in [3.8, 4) is 11.5 Å². The Morgan fingerprint density at radius 1 is 1.23 bits per heavy atom. The molecule has 0 aromatic heterocycles. The highest BCUT2D eigenvalue weighted by molar-refractivity contribution is 6.31. The van der Waals surface area contributed by atoms with Crippen molar-refractivity contribution in [1.82, 2.24) is 5.32 Å². The highest BCUT2D eigenvalue weighted by atomic mass is 35.5. The molecule has 2 aromatic rings. The second kappa shape index (κ2) is 9.77. The van der Waals surface area contributed by atoms with Crippen LogP contribution in [0.15, 0.2) is 48.5 Å². The van der Waals surface area contributed by atoms with Crippen LogP contribution in [-0.4, -0.2) is 19.1 Å². The fourth-order valence-corrected chi connectivity index (χ4v) is 2.35. The minimum Gasteiger partial charge on any atom is -0.490 e. The molecule has 2 aromatic carbocycles. The third kappa shape index (κ3) is 6.04. The molecule has 4 nitrogen and oxygen atoms in total. The Labute approximate surface area is 155 Å². The number of carbonyl (C=O) groups excluding carboxylic acids is 1. The molecule has 0 saturated heterocycles. The number of ether oxygens (including phenoxy) is 2. The van der Waals surface area contributed by atoms with Crippen LogP contribution in [0, 0.1) is 0 Å². The number of halogens is 3. The summed E-state index contributed by atoms with van der Waals surface area (Å²) in [6, 6.07) is 11.7. The Morgan fingerprint density at radius 3 is 2.69 bits per heavy atom. The molecule has 138 valence electrons. The van der Waals surface area contributed by atoms with Crippen LogP contribution >= 0.6 is 11.6 Å². The van der Waals surface area contributed by atoms with Gasteiger partial charge in [0.15, 0.2) is 11.5 Å². The van der Waals surface area contributed by atoms with Gasteiger partial charge in [0.25, 0.3) is 0 Å². The third-order valence-electron chi connectivity index (χ3n) is 3.32. The van der Waals surface area contributed by atoms with Crippen LogP contribution in [-0.2, 0) is 11.3 Å². The zero-order valence-corrected chi connectivity index (χ0v) is 14.8. The molecule has 26 heavy (non-hydrogen) atoms. The van der Waals surface area contributed by atoms with E-state index in [1.54, 1.807) is 25.1 Å². The first-order chi connectivity index (χ1) is 12.5. The summed E-state index contributed by atoms with van der Waals surface area (Å²) < 4.78 is 34.5. The van der Waals surface area contributed by atoms with Crippen molar-refractivity contribution in [3.05, 3.63) is 64.7 Å². The highest BCUT2D eigenvalue weighted by Gasteiger charge is 2.11. The monoisotopic (exact) mass is 381 g/mol. The molecule has 0 fully saturated rings. The number of carbonyl (C=O) groups is 1. The van der Waals surface area contributed by atoms with Crippen molar-refractivity contribution in [2.45, 2.75) is 20.1 Å². The van der Waals surface area contributed by atoms with Gasteiger partial charge in [-0.05, 0) is 42.3 Å². The second-order valence-corrected chi connectivity index (χ2v) is 5.57. The van der Waals surface area contributed by atoms with Crippen molar-refractivity contribution in [2.75, 3.05) is 6.61 Å². The van der Waals surface area contributed by atoms with Gasteiger partial charge < -0.3 is 14.8 Å². The predicted molar refractivity (Wildman–Crippen MR) is 96.6 cm³/mol. The molecule has 0 aliphatic carbocycles. The Bertz CT molecular complexity index is 781. The van der Waals surface area contributed by atoms with Gasteiger partial charge in [0, 0.05) is 17.6 Å². The van der Waals surface area contributed by atoms with E-state index < -0.39 is 6.61 Å². The molecule has 0 radical (unpaired) electrons. The predicted octanol–water partition coefficient (Wildman–Crippen LogP) is 4.67. The van der Waals surface area contributed by atoms with Crippen LogP contribution in [0.25, 0.3) is 6.08 Å². The molecule has 0 saturated carbocycles. The molecule has 0 unspecified atom stereocenters. The van der Waals surface area contributed by atoms with Gasteiger partial charge in [-0.15, -0.1) is 0 Å². The molecule has 0 atom stereocenters. The molecule has 1 N–H and O–H groups in total. The quantitative estimate of drug-likeness (QED) is 0.676. The van der Waals surface area contributed by atoms with Crippen LogP contribution in [0.5, 0.6) is 11.5 Å². The average molecular weight is 382 g/mol. The summed E-state index contributed by atoms with van der Waals surface area (Å²) in [7, 11) is 0. The first-order valence-corrected chi connectivity index (χ1v) is 8.28. The molecule has 0 aliphatic heterocycles. The summed E-state index contributed by atoms with van der Waals surface area (Å²) >= 11 is 6.03. The van der Waals surface area contributed by atoms with Crippen LogP contribution < -0.4 is 14.8 Å². The molecular weight excluding hydrogens is 364 g/mol. The topological polar surface area (TPSA) is 47.6 Å². The van der Waals surface area contributed by atoms with Crippen molar-refractivity contribution < 1.29 is 23.0 Å². The molecule has 0 heterocycles. The molecule has 7 heteroatoms. The van der Waals surface area contributed by atoms with E-state index in [2.05, 4.69) is 10.1 Å². The van der Waals surface area contributed by atoms with E-state index in [0.717, 1.165) is 5.56 Å². The molecule has 0 aliphatic rings. The van der Waals surface area contributed by atoms with Gasteiger partial charge in [-0.3, -0.25) is 4.79 Å². The summed E-state index contributed by atoms with van der Waals surface area (Å²) in [4.78, 5) is 11.9. The smallest absolute Gasteiger partial charge is 0.387 e. The summed E-state index contributed by atoms with van der Waals surface area (Å²) in [5.41, 5.74) is 1.42. The normalized spacial score (nSPS) is 11.0. The van der Waals surface area contributed by atoms with Crippen molar-refractivity contribution in [1.29, 1.82) is 0 Å². The van der Waals surface area contributed by atoms with Crippen LogP contribution in [0.3, 0.4) is 0 Å². The largest absolute Gasteiger partial charge is 0.490 e. The van der Waals surface area contributed by atoms with E-state index in [-0.39, 0.29) is 17.4 Å². The van der Waals surface area contributed by atoms with Gasteiger partial charge >= 0.3 is 6.61 Å². The third-order valence-corrected chi connectivity index (χ3v) is 3.69. The lowest BCUT2D eigenvalue weighted by Gasteiger charge is -2.11. The zero-order chi connectivity index (χ0) is 18.9. The number of hydrogen-bond donors (Lipinski definition) is 1. The number of amides is 1. The highest BCUT2D eigenvalue weighted by Crippen LogP contribution is 2.30. The minimum absolute atomic E-state index is 0.0535. The van der Waals surface area contributed by atoms with Crippen molar-refractivity contribution in [2.24, 2.45) is 0 Å². The Kier molecular flexibility index (Phi) is 7.41. The maximum atomic E-state index is 12.4. The number of alkyl halides is 2. The molecule has 0 spiro atoms. The lowest BCUT2D eigenvalue weighted by molar-refractivity contribution is -0.116. The van der Waals surface area contributed by atoms with Gasteiger partial charge in [0.1, 0.15) is 0 Å². The second-order valence-electron chi connectivity index (χ2n) is 5.16. The average Bonchev–Trinajstić information content (AvgIpc) is 2.61. The Morgan fingerprint density at radius 2 is 2.00 bits per heavy atom. The first-order valence-electron chi connectivity index (χ1n) is 7.90. The summed E-state index contributed by atoms with van der Waals surface area (Å²) in [6.07, 6.45) is 2.89. The first kappa shape index (κ1) is 19.7.